The van der Waals surface area contributed by atoms with Crippen LogP contribution in [0, 0.1) is 6.57 Å². The summed E-state index contributed by atoms with van der Waals surface area (Å²) < 4.78 is 11.4. The molecule has 0 unspecified atom stereocenters. The number of carbonyl (C=O) groups excluding carboxylic acids is 1. The van der Waals surface area contributed by atoms with Gasteiger partial charge in [0.2, 0.25) is 11.6 Å². The lowest BCUT2D eigenvalue weighted by molar-refractivity contribution is -0.117. The molecule has 1 aliphatic heterocycles. The third kappa shape index (κ3) is 4.18. The molecule has 0 saturated carbocycles. The molecule has 9 heteroatoms. The standard InChI is InChI=1S/C26H20ClN5O3/c1-29-21-4-3-5-22(34-2)25(21)35-23-10-15(6-8-19(23)27)16-11-24(33)32(13-16)17-7-9-20-18(12-17)26(28)31-14-30-20/h3-10,12,14,16H,11,13H2,2H3,(H2,28,30,31)/t16-/m0/s1. The average molecular weight is 486 g/mol. The van der Waals surface area contributed by atoms with Crippen molar-refractivity contribution in [1.82, 2.24) is 9.97 Å². The van der Waals surface area contributed by atoms with E-state index in [4.69, 9.17) is 33.4 Å². The molecule has 1 aliphatic rings. The largest absolute Gasteiger partial charge is 0.494 e. The first-order valence-electron chi connectivity index (χ1n) is 10.8. The number of halogens is 1. The van der Waals surface area contributed by atoms with Crippen molar-refractivity contribution in [3.8, 4) is 17.2 Å². The van der Waals surface area contributed by atoms with Gasteiger partial charge in [-0.3, -0.25) is 4.79 Å². The van der Waals surface area contributed by atoms with Crippen molar-refractivity contribution in [3.05, 3.63) is 82.9 Å². The van der Waals surface area contributed by atoms with E-state index in [2.05, 4.69) is 14.8 Å². The summed E-state index contributed by atoms with van der Waals surface area (Å²) in [4.78, 5) is 26.5. The number of hydrogen-bond donors (Lipinski definition) is 1. The first kappa shape index (κ1) is 22.4. The number of aromatic nitrogens is 2. The second-order valence-corrected chi connectivity index (χ2v) is 8.49. The number of ether oxygens (including phenoxy) is 2. The third-order valence-corrected chi connectivity index (χ3v) is 6.34. The lowest BCUT2D eigenvalue weighted by atomic mass is 9.98. The van der Waals surface area contributed by atoms with Gasteiger partial charge in [0.15, 0.2) is 11.5 Å². The summed E-state index contributed by atoms with van der Waals surface area (Å²) in [7, 11) is 1.51. The van der Waals surface area contributed by atoms with E-state index in [-0.39, 0.29) is 11.8 Å². The van der Waals surface area contributed by atoms with E-state index in [1.807, 2.05) is 30.3 Å². The number of amides is 1. The van der Waals surface area contributed by atoms with Crippen molar-refractivity contribution in [2.75, 3.05) is 24.3 Å². The van der Waals surface area contributed by atoms with Crippen LogP contribution < -0.4 is 20.1 Å². The molecule has 2 N–H and O–H groups in total. The zero-order chi connectivity index (χ0) is 24.5. The van der Waals surface area contributed by atoms with Crippen LogP contribution in [0.3, 0.4) is 0 Å². The van der Waals surface area contributed by atoms with Crippen LogP contribution in [0.5, 0.6) is 17.2 Å². The Morgan fingerprint density at radius 3 is 2.80 bits per heavy atom. The smallest absolute Gasteiger partial charge is 0.232 e. The van der Waals surface area contributed by atoms with E-state index in [0.29, 0.717) is 52.1 Å². The lowest BCUT2D eigenvalue weighted by Crippen LogP contribution is -2.24. The Hall–Kier alpha value is -4.35. The number of nitrogens with two attached hydrogens (primary N) is 1. The maximum Gasteiger partial charge on any atom is 0.232 e. The average Bonchev–Trinajstić information content (AvgIpc) is 3.27. The van der Waals surface area contributed by atoms with E-state index in [0.717, 1.165) is 16.8 Å². The van der Waals surface area contributed by atoms with Crippen molar-refractivity contribution >= 4 is 45.6 Å². The number of hydrogen-bond acceptors (Lipinski definition) is 6. The van der Waals surface area contributed by atoms with Crippen LogP contribution in [0.1, 0.15) is 17.9 Å². The lowest BCUT2D eigenvalue weighted by Gasteiger charge is -2.18. The molecule has 1 saturated heterocycles. The predicted octanol–water partition coefficient (Wildman–Crippen LogP) is 5.74. The molecule has 1 aromatic heterocycles. The number of fused-ring (bicyclic) bond motifs is 1. The SMILES string of the molecule is [C-]#[N+]c1cccc(OC)c1Oc1cc([C@H]2CC(=O)N(c3ccc4ncnc(N)c4c3)C2)ccc1Cl. The number of para-hydroxylation sites is 1. The monoisotopic (exact) mass is 485 g/mol. The maximum atomic E-state index is 12.9. The first-order valence-corrected chi connectivity index (χ1v) is 11.2. The number of anilines is 2. The maximum absolute atomic E-state index is 12.9. The van der Waals surface area contributed by atoms with Gasteiger partial charge in [-0.15, -0.1) is 0 Å². The van der Waals surface area contributed by atoms with Crippen molar-refractivity contribution in [2.45, 2.75) is 12.3 Å². The molecule has 4 aromatic rings. The van der Waals surface area contributed by atoms with E-state index in [1.54, 1.807) is 29.2 Å². The highest BCUT2D eigenvalue weighted by atomic mass is 35.5. The zero-order valence-electron chi connectivity index (χ0n) is 18.7. The van der Waals surface area contributed by atoms with E-state index in [9.17, 15) is 4.79 Å². The van der Waals surface area contributed by atoms with Crippen molar-refractivity contribution in [3.63, 3.8) is 0 Å². The Morgan fingerprint density at radius 2 is 2.00 bits per heavy atom. The number of nitrogens with zero attached hydrogens (tertiary/aromatic N) is 4. The van der Waals surface area contributed by atoms with Gasteiger partial charge in [-0.2, -0.15) is 0 Å². The molecule has 2 heterocycles. The van der Waals surface area contributed by atoms with Crippen LogP contribution in [0.25, 0.3) is 15.7 Å². The molecule has 0 radical (unpaired) electrons. The first-order chi connectivity index (χ1) is 17.0. The molecule has 5 rings (SSSR count). The second kappa shape index (κ2) is 9.12. The Balaban J connectivity index is 1.44. The predicted molar refractivity (Wildman–Crippen MR) is 134 cm³/mol. The molecule has 8 nitrogen and oxygen atoms in total. The Labute approximate surface area is 206 Å². The van der Waals surface area contributed by atoms with Crippen molar-refractivity contribution < 1.29 is 14.3 Å². The van der Waals surface area contributed by atoms with Crippen LogP contribution in [-0.2, 0) is 4.79 Å². The summed E-state index contributed by atoms with van der Waals surface area (Å²) in [6.07, 6.45) is 1.75. The molecular weight excluding hydrogens is 466 g/mol. The number of rotatable bonds is 5. The summed E-state index contributed by atoms with van der Waals surface area (Å²) in [5, 5.41) is 1.10. The number of methoxy groups -OCH3 is 1. The van der Waals surface area contributed by atoms with Gasteiger partial charge in [0.05, 0.1) is 24.2 Å². The highest BCUT2D eigenvalue weighted by Crippen LogP contribution is 2.43. The molecule has 0 aliphatic carbocycles. The van der Waals surface area contributed by atoms with Crippen molar-refractivity contribution in [1.29, 1.82) is 0 Å². The summed E-state index contributed by atoms with van der Waals surface area (Å²) in [5.74, 6) is 1.42. The Bertz CT molecular complexity index is 1500. The van der Waals surface area contributed by atoms with Gasteiger partial charge < -0.3 is 20.1 Å². The van der Waals surface area contributed by atoms with E-state index >= 15 is 0 Å². The molecule has 1 atom stereocenters. The minimum absolute atomic E-state index is 0.00205. The number of benzene rings is 3. The Kier molecular flexibility index (Phi) is 5.85. The quantitative estimate of drug-likeness (QED) is 0.362. The van der Waals surface area contributed by atoms with Gasteiger partial charge in [-0.05, 0) is 42.0 Å². The normalized spacial score (nSPS) is 15.3. The molecule has 35 heavy (non-hydrogen) atoms. The fourth-order valence-corrected chi connectivity index (χ4v) is 4.39. The molecule has 1 amide bonds. The fourth-order valence-electron chi connectivity index (χ4n) is 4.23. The number of nitrogen functional groups attached to an aromatic ring is 1. The van der Waals surface area contributed by atoms with Gasteiger partial charge in [0, 0.05) is 30.0 Å². The molecular formula is C26H20ClN5O3. The summed E-state index contributed by atoms with van der Waals surface area (Å²) in [5.41, 5.74) is 8.69. The summed E-state index contributed by atoms with van der Waals surface area (Å²) >= 11 is 6.42. The van der Waals surface area contributed by atoms with Gasteiger partial charge in [-0.1, -0.05) is 29.8 Å². The van der Waals surface area contributed by atoms with Crippen LogP contribution in [-0.4, -0.2) is 29.5 Å². The molecule has 0 spiro atoms. The van der Waals surface area contributed by atoms with E-state index < -0.39 is 0 Å². The third-order valence-electron chi connectivity index (χ3n) is 6.02. The molecule has 1 fully saturated rings. The molecule has 0 bridgehead atoms. The number of carbonyl (C=O) groups is 1. The van der Waals surface area contributed by atoms with Gasteiger partial charge in [-0.25, -0.2) is 14.8 Å². The second-order valence-electron chi connectivity index (χ2n) is 8.08. The minimum atomic E-state index is -0.0693. The van der Waals surface area contributed by atoms with Crippen LogP contribution in [0.4, 0.5) is 17.2 Å². The van der Waals surface area contributed by atoms with Crippen LogP contribution >= 0.6 is 11.6 Å². The fraction of sp³-hybridized carbons (Fsp3) is 0.154. The zero-order valence-corrected chi connectivity index (χ0v) is 19.5. The van der Waals surface area contributed by atoms with Gasteiger partial charge >= 0.3 is 0 Å². The van der Waals surface area contributed by atoms with Crippen LogP contribution in [0.2, 0.25) is 5.02 Å². The Morgan fingerprint density at radius 1 is 1.14 bits per heavy atom. The summed E-state index contributed by atoms with van der Waals surface area (Å²) in [6.45, 7) is 7.93. The van der Waals surface area contributed by atoms with Crippen molar-refractivity contribution in [2.24, 2.45) is 0 Å². The highest BCUT2D eigenvalue weighted by molar-refractivity contribution is 6.32. The van der Waals surface area contributed by atoms with Gasteiger partial charge in [0.1, 0.15) is 17.9 Å². The topological polar surface area (TPSA) is 94.9 Å². The highest BCUT2D eigenvalue weighted by Gasteiger charge is 2.32. The van der Waals surface area contributed by atoms with Gasteiger partial charge in [0.25, 0.3) is 0 Å². The van der Waals surface area contributed by atoms with E-state index in [1.165, 1.54) is 13.4 Å². The molecule has 3 aromatic carbocycles. The summed E-state index contributed by atoms with van der Waals surface area (Å²) in [6, 6.07) is 16.1. The molecule has 174 valence electrons. The van der Waals surface area contributed by atoms with Crippen LogP contribution in [0.15, 0.2) is 60.9 Å². The minimum Gasteiger partial charge on any atom is -0.494 e.